The standard InChI is InChI=1S/C17H21N7/c1-12(2)23-9-14(8-19-23)21-16-17-18-11-20-24(17)10-15(22-16)13-6-4-3-5-7-13/h6,8-12H,3-5,7H2,1-2H3,(H,21,22). The fraction of sp³-hybridized carbons (Fsp3) is 0.412. The molecule has 3 aromatic rings. The van der Waals surface area contributed by atoms with Crippen molar-refractivity contribution in [2.24, 2.45) is 0 Å². The summed E-state index contributed by atoms with van der Waals surface area (Å²) < 4.78 is 3.70. The first kappa shape index (κ1) is 14.9. The Morgan fingerprint density at radius 1 is 1.17 bits per heavy atom. The van der Waals surface area contributed by atoms with Crippen molar-refractivity contribution in [3.63, 3.8) is 0 Å². The fourth-order valence-corrected chi connectivity index (χ4v) is 2.96. The first-order valence-electron chi connectivity index (χ1n) is 8.41. The molecule has 1 aliphatic carbocycles. The minimum absolute atomic E-state index is 0.320. The van der Waals surface area contributed by atoms with Gasteiger partial charge in [0.15, 0.2) is 11.5 Å². The van der Waals surface area contributed by atoms with Gasteiger partial charge in [0.05, 0.1) is 23.8 Å². The molecule has 3 heterocycles. The molecule has 0 fully saturated rings. The Labute approximate surface area is 140 Å². The van der Waals surface area contributed by atoms with Crippen molar-refractivity contribution >= 4 is 22.7 Å². The first-order chi connectivity index (χ1) is 11.7. The predicted molar refractivity (Wildman–Crippen MR) is 93.1 cm³/mol. The molecule has 1 aliphatic rings. The number of nitrogens with one attached hydrogen (secondary N) is 1. The van der Waals surface area contributed by atoms with Gasteiger partial charge in [-0.15, -0.1) is 0 Å². The van der Waals surface area contributed by atoms with Crippen molar-refractivity contribution in [1.29, 1.82) is 0 Å². The molecule has 0 aliphatic heterocycles. The normalized spacial score (nSPS) is 15.0. The SMILES string of the molecule is CC(C)n1cc(Nc2nc(C3=CCCCC3)cn3ncnc23)cn1. The van der Waals surface area contributed by atoms with Crippen molar-refractivity contribution in [1.82, 2.24) is 29.4 Å². The molecule has 0 atom stereocenters. The fourth-order valence-electron chi connectivity index (χ4n) is 2.96. The van der Waals surface area contributed by atoms with Crippen LogP contribution in [0.4, 0.5) is 11.5 Å². The number of anilines is 2. The van der Waals surface area contributed by atoms with Gasteiger partial charge in [0.2, 0.25) is 0 Å². The second kappa shape index (κ2) is 6.07. The summed E-state index contributed by atoms with van der Waals surface area (Å²) in [5.74, 6) is 0.708. The van der Waals surface area contributed by atoms with Crippen LogP contribution >= 0.6 is 0 Å². The summed E-state index contributed by atoms with van der Waals surface area (Å²) in [4.78, 5) is 9.13. The molecule has 7 nitrogen and oxygen atoms in total. The van der Waals surface area contributed by atoms with Crippen LogP contribution in [0.3, 0.4) is 0 Å². The Kier molecular flexibility index (Phi) is 3.76. The maximum atomic E-state index is 4.81. The zero-order valence-corrected chi connectivity index (χ0v) is 14.0. The van der Waals surface area contributed by atoms with Crippen LogP contribution in [0.1, 0.15) is 51.3 Å². The van der Waals surface area contributed by atoms with E-state index >= 15 is 0 Å². The molecular formula is C17H21N7. The van der Waals surface area contributed by atoms with Gasteiger partial charge in [0.1, 0.15) is 6.33 Å². The summed E-state index contributed by atoms with van der Waals surface area (Å²) in [7, 11) is 0. The van der Waals surface area contributed by atoms with E-state index in [0.29, 0.717) is 17.5 Å². The zero-order valence-electron chi connectivity index (χ0n) is 14.0. The Hall–Kier alpha value is -2.70. The summed E-state index contributed by atoms with van der Waals surface area (Å²) >= 11 is 0. The van der Waals surface area contributed by atoms with Crippen molar-refractivity contribution in [2.45, 2.75) is 45.6 Å². The number of fused-ring (bicyclic) bond motifs is 1. The van der Waals surface area contributed by atoms with Crippen LogP contribution in [-0.4, -0.2) is 29.4 Å². The van der Waals surface area contributed by atoms with E-state index in [1.54, 1.807) is 17.0 Å². The number of hydrogen-bond donors (Lipinski definition) is 1. The lowest BCUT2D eigenvalue weighted by atomic mass is 9.97. The molecule has 24 heavy (non-hydrogen) atoms. The van der Waals surface area contributed by atoms with Gasteiger partial charge < -0.3 is 5.32 Å². The van der Waals surface area contributed by atoms with Gasteiger partial charge >= 0.3 is 0 Å². The molecule has 0 radical (unpaired) electrons. The number of rotatable bonds is 4. The van der Waals surface area contributed by atoms with Crippen molar-refractivity contribution in [2.75, 3.05) is 5.32 Å². The Balaban J connectivity index is 1.72. The Morgan fingerprint density at radius 3 is 2.83 bits per heavy atom. The van der Waals surface area contributed by atoms with Crippen LogP contribution in [-0.2, 0) is 0 Å². The Morgan fingerprint density at radius 2 is 2.08 bits per heavy atom. The molecular weight excluding hydrogens is 302 g/mol. The second-order valence-electron chi connectivity index (χ2n) is 6.41. The van der Waals surface area contributed by atoms with Gasteiger partial charge in [-0.05, 0) is 45.1 Å². The van der Waals surface area contributed by atoms with E-state index in [1.165, 1.54) is 18.4 Å². The quantitative estimate of drug-likeness (QED) is 0.794. The lowest BCUT2D eigenvalue weighted by molar-refractivity contribution is 0.532. The van der Waals surface area contributed by atoms with E-state index in [4.69, 9.17) is 4.98 Å². The van der Waals surface area contributed by atoms with Gasteiger partial charge in [-0.1, -0.05) is 6.08 Å². The summed E-state index contributed by atoms with van der Waals surface area (Å²) in [5.41, 5.74) is 3.87. The maximum Gasteiger partial charge on any atom is 0.198 e. The van der Waals surface area contributed by atoms with Gasteiger partial charge in [-0.3, -0.25) is 4.68 Å². The largest absolute Gasteiger partial charge is 0.334 e. The third-order valence-electron chi connectivity index (χ3n) is 4.28. The van der Waals surface area contributed by atoms with E-state index in [2.05, 4.69) is 40.4 Å². The topological polar surface area (TPSA) is 72.9 Å². The van der Waals surface area contributed by atoms with Gasteiger partial charge in [-0.2, -0.15) is 10.2 Å². The lowest BCUT2D eigenvalue weighted by Gasteiger charge is -2.13. The monoisotopic (exact) mass is 323 g/mol. The highest BCUT2D eigenvalue weighted by Crippen LogP contribution is 2.28. The zero-order chi connectivity index (χ0) is 16.5. The van der Waals surface area contributed by atoms with Crippen LogP contribution in [0.15, 0.2) is 31.0 Å². The third kappa shape index (κ3) is 2.77. The molecule has 0 saturated heterocycles. The molecule has 0 aromatic carbocycles. The number of aromatic nitrogens is 6. The molecule has 0 amide bonds. The summed E-state index contributed by atoms with van der Waals surface area (Å²) in [6.07, 6.45) is 14.2. The smallest absolute Gasteiger partial charge is 0.198 e. The van der Waals surface area contributed by atoms with E-state index < -0.39 is 0 Å². The molecule has 1 N–H and O–H groups in total. The maximum absolute atomic E-state index is 4.81. The van der Waals surface area contributed by atoms with Gasteiger partial charge in [-0.25, -0.2) is 14.5 Å². The van der Waals surface area contributed by atoms with Crippen molar-refractivity contribution in [3.8, 4) is 0 Å². The molecule has 3 aromatic heterocycles. The van der Waals surface area contributed by atoms with Crippen LogP contribution < -0.4 is 5.32 Å². The molecule has 7 heteroatoms. The van der Waals surface area contributed by atoms with Crippen LogP contribution in [0, 0.1) is 0 Å². The van der Waals surface area contributed by atoms with Crippen molar-refractivity contribution < 1.29 is 0 Å². The summed E-state index contributed by atoms with van der Waals surface area (Å²) in [6.45, 7) is 4.20. The summed E-state index contributed by atoms with van der Waals surface area (Å²) in [6, 6.07) is 0.320. The van der Waals surface area contributed by atoms with E-state index in [1.807, 2.05) is 17.1 Å². The first-order valence-corrected chi connectivity index (χ1v) is 8.41. The molecule has 0 spiro atoms. The van der Waals surface area contributed by atoms with Gasteiger partial charge in [0, 0.05) is 12.2 Å². The van der Waals surface area contributed by atoms with Gasteiger partial charge in [0.25, 0.3) is 0 Å². The van der Waals surface area contributed by atoms with E-state index in [9.17, 15) is 0 Å². The van der Waals surface area contributed by atoms with E-state index in [0.717, 1.165) is 24.2 Å². The third-order valence-corrected chi connectivity index (χ3v) is 4.28. The molecule has 124 valence electrons. The highest BCUT2D eigenvalue weighted by molar-refractivity contribution is 5.72. The lowest BCUT2D eigenvalue weighted by Crippen LogP contribution is -2.04. The van der Waals surface area contributed by atoms with Crippen LogP contribution in [0.5, 0.6) is 0 Å². The highest BCUT2D eigenvalue weighted by Gasteiger charge is 2.14. The summed E-state index contributed by atoms with van der Waals surface area (Å²) in [5, 5.41) is 12.0. The number of hydrogen-bond acceptors (Lipinski definition) is 5. The molecule has 0 bridgehead atoms. The molecule has 0 unspecified atom stereocenters. The number of nitrogens with zero attached hydrogens (tertiary/aromatic N) is 6. The average molecular weight is 323 g/mol. The van der Waals surface area contributed by atoms with Crippen LogP contribution in [0.2, 0.25) is 0 Å². The molecule has 0 saturated carbocycles. The van der Waals surface area contributed by atoms with Crippen LogP contribution in [0.25, 0.3) is 11.2 Å². The second-order valence-corrected chi connectivity index (χ2v) is 6.41. The van der Waals surface area contributed by atoms with E-state index in [-0.39, 0.29) is 0 Å². The predicted octanol–water partition coefficient (Wildman–Crippen LogP) is 3.60. The molecule has 4 rings (SSSR count). The Bertz CT molecular complexity index is 887. The minimum Gasteiger partial charge on any atom is -0.334 e. The highest BCUT2D eigenvalue weighted by atomic mass is 15.3. The number of allylic oxidation sites excluding steroid dienone is 2. The minimum atomic E-state index is 0.320. The average Bonchev–Trinajstić information content (AvgIpc) is 3.24. The van der Waals surface area contributed by atoms with Crippen molar-refractivity contribution in [3.05, 3.63) is 36.7 Å².